The summed E-state index contributed by atoms with van der Waals surface area (Å²) in [4.78, 5) is 2.49. The van der Waals surface area contributed by atoms with Crippen LogP contribution >= 0.6 is 0 Å². The van der Waals surface area contributed by atoms with Gasteiger partial charge in [0.1, 0.15) is 5.75 Å². The molecular formula is C16H25NO. The van der Waals surface area contributed by atoms with Crippen molar-refractivity contribution in [1.82, 2.24) is 4.90 Å². The van der Waals surface area contributed by atoms with Crippen LogP contribution in [0.4, 0.5) is 0 Å². The third-order valence-electron chi connectivity index (χ3n) is 4.31. The fraction of sp³-hybridized carbons (Fsp3) is 0.625. The molecule has 0 aliphatic heterocycles. The first kappa shape index (κ1) is 13.4. The van der Waals surface area contributed by atoms with Crippen molar-refractivity contribution in [3.63, 3.8) is 0 Å². The van der Waals surface area contributed by atoms with Crippen molar-refractivity contribution < 1.29 is 5.11 Å². The van der Waals surface area contributed by atoms with Gasteiger partial charge < -0.3 is 5.11 Å². The number of benzene rings is 1. The van der Waals surface area contributed by atoms with Gasteiger partial charge in [-0.2, -0.15) is 0 Å². The van der Waals surface area contributed by atoms with Crippen LogP contribution in [-0.4, -0.2) is 23.1 Å². The maximum absolute atomic E-state index is 9.71. The summed E-state index contributed by atoms with van der Waals surface area (Å²) in [6, 6.07) is 6.95. The number of rotatable bonds is 4. The molecule has 2 atom stereocenters. The van der Waals surface area contributed by atoms with E-state index in [9.17, 15) is 5.11 Å². The normalized spacial score (nSPS) is 20.8. The first-order chi connectivity index (χ1) is 8.63. The van der Waals surface area contributed by atoms with Gasteiger partial charge in [-0.1, -0.05) is 19.4 Å². The van der Waals surface area contributed by atoms with Crippen LogP contribution in [0.2, 0.25) is 0 Å². The van der Waals surface area contributed by atoms with Crippen LogP contribution in [0.1, 0.15) is 56.7 Å². The molecule has 0 amide bonds. The second kappa shape index (κ2) is 5.75. The lowest BCUT2D eigenvalue weighted by molar-refractivity contribution is 0.159. The molecule has 0 radical (unpaired) electrons. The zero-order valence-electron chi connectivity index (χ0n) is 11.8. The SMILES string of the molecule is CCCC(C)N(C)C1CCCc2ccc(O)cc21. The molecule has 0 saturated heterocycles. The minimum atomic E-state index is 0.400. The van der Waals surface area contributed by atoms with Gasteiger partial charge in [-0.25, -0.2) is 0 Å². The van der Waals surface area contributed by atoms with Crippen molar-refractivity contribution in [2.24, 2.45) is 0 Å². The third-order valence-corrected chi connectivity index (χ3v) is 4.31. The zero-order chi connectivity index (χ0) is 13.1. The van der Waals surface area contributed by atoms with Gasteiger partial charge in [-0.05, 0) is 62.9 Å². The highest BCUT2D eigenvalue weighted by molar-refractivity contribution is 5.38. The molecule has 2 heteroatoms. The summed E-state index contributed by atoms with van der Waals surface area (Å²) in [6.45, 7) is 4.55. The van der Waals surface area contributed by atoms with E-state index in [1.54, 1.807) is 0 Å². The molecule has 2 unspecified atom stereocenters. The van der Waals surface area contributed by atoms with Crippen LogP contribution < -0.4 is 0 Å². The van der Waals surface area contributed by atoms with E-state index in [2.05, 4.69) is 31.9 Å². The molecule has 2 nitrogen and oxygen atoms in total. The topological polar surface area (TPSA) is 23.5 Å². The summed E-state index contributed by atoms with van der Waals surface area (Å²) in [7, 11) is 2.23. The standard InChI is InChI=1S/C16H25NO/c1-4-6-12(2)17(3)16-8-5-7-13-9-10-14(18)11-15(13)16/h9-12,16,18H,4-8H2,1-3H3. The summed E-state index contributed by atoms with van der Waals surface area (Å²) >= 11 is 0. The van der Waals surface area contributed by atoms with Crippen molar-refractivity contribution in [2.75, 3.05) is 7.05 Å². The number of nitrogens with zero attached hydrogens (tertiary/aromatic N) is 1. The molecule has 1 N–H and O–H groups in total. The van der Waals surface area contributed by atoms with Gasteiger partial charge >= 0.3 is 0 Å². The van der Waals surface area contributed by atoms with Crippen molar-refractivity contribution in [1.29, 1.82) is 0 Å². The Morgan fingerprint density at radius 2 is 2.22 bits per heavy atom. The molecule has 1 aromatic rings. The minimum Gasteiger partial charge on any atom is -0.508 e. The number of hydrogen-bond acceptors (Lipinski definition) is 2. The Bertz CT molecular complexity index is 402. The number of fused-ring (bicyclic) bond motifs is 1. The van der Waals surface area contributed by atoms with E-state index in [-0.39, 0.29) is 0 Å². The van der Waals surface area contributed by atoms with Crippen molar-refractivity contribution in [2.45, 2.75) is 58.0 Å². The monoisotopic (exact) mass is 247 g/mol. The third kappa shape index (κ3) is 2.69. The lowest BCUT2D eigenvalue weighted by atomic mass is 9.86. The Hall–Kier alpha value is -1.02. The Balaban J connectivity index is 2.23. The molecule has 0 heterocycles. The maximum Gasteiger partial charge on any atom is 0.115 e. The highest BCUT2D eigenvalue weighted by Crippen LogP contribution is 2.36. The van der Waals surface area contributed by atoms with Crippen molar-refractivity contribution >= 4 is 0 Å². The Kier molecular flexibility index (Phi) is 4.28. The molecule has 0 spiro atoms. The molecule has 100 valence electrons. The molecule has 0 aromatic heterocycles. The summed E-state index contributed by atoms with van der Waals surface area (Å²) in [5.41, 5.74) is 2.76. The average molecular weight is 247 g/mol. The summed E-state index contributed by atoms with van der Waals surface area (Å²) in [5.74, 6) is 0.400. The van der Waals surface area contributed by atoms with Crippen molar-refractivity contribution in [3.8, 4) is 5.75 Å². The Labute approximate surface area is 111 Å². The molecule has 2 rings (SSSR count). The van der Waals surface area contributed by atoms with Crippen molar-refractivity contribution in [3.05, 3.63) is 29.3 Å². The summed E-state index contributed by atoms with van der Waals surface area (Å²) < 4.78 is 0. The van der Waals surface area contributed by atoms with E-state index in [0.717, 1.165) is 6.42 Å². The summed E-state index contributed by atoms with van der Waals surface area (Å²) in [6.07, 6.45) is 6.08. The highest BCUT2D eigenvalue weighted by Gasteiger charge is 2.26. The fourth-order valence-electron chi connectivity index (χ4n) is 3.11. The number of aryl methyl sites for hydroxylation is 1. The second-order valence-corrected chi connectivity index (χ2v) is 5.59. The molecule has 18 heavy (non-hydrogen) atoms. The van der Waals surface area contributed by atoms with Gasteiger partial charge in [0, 0.05) is 12.1 Å². The fourth-order valence-corrected chi connectivity index (χ4v) is 3.11. The van der Waals surface area contributed by atoms with Gasteiger partial charge in [0.15, 0.2) is 0 Å². The first-order valence-electron chi connectivity index (χ1n) is 7.17. The quantitative estimate of drug-likeness (QED) is 0.872. The largest absolute Gasteiger partial charge is 0.508 e. The predicted octanol–water partition coefficient (Wildman–Crippen LogP) is 3.89. The Morgan fingerprint density at radius 1 is 1.44 bits per heavy atom. The second-order valence-electron chi connectivity index (χ2n) is 5.59. The van der Waals surface area contributed by atoms with Gasteiger partial charge in [-0.3, -0.25) is 4.90 Å². The van der Waals surface area contributed by atoms with Crippen LogP contribution in [-0.2, 0) is 6.42 Å². The van der Waals surface area contributed by atoms with E-state index >= 15 is 0 Å². The van der Waals surface area contributed by atoms with E-state index in [4.69, 9.17) is 0 Å². The van der Waals surface area contributed by atoms with Crippen LogP contribution in [0.3, 0.4) is 0 Å². The lowest BCUT2D eigenvalue weighted by Gasteiger charge is -2.37. The lowest BCUT2D eigenvalue weighted by Crippen LogP contribution is -2.34. The van der Waals surface area contributed by atoms with Gasteiger partial charge in [0.05, 0.1) is 0 Å². The first-order valence-corrected chi connectivity index (χ1v) is 7.17. The van der Waals surface area contributed by atoms with Crippen LogP contribution in [0.15, 0.2) is 18.2 Å². The van der Waals surface area contributed by atoms with Crippen LogP contribution in [0.25, 0.3) is 0 Å². The van der Waals surface area contributed by atoms with E-state index in [1.165, 1.54) is 36.8 Å². The van der Waals surface area contributed by atoms with Gasteiger partial charge in [0.2, 0.25) is 0 Å². The van der Waals surface area contributed by atoms with E-state index in [1.807, 2.05) is 12.1 Å². The maximum atomic E-state index is 9.71. The number of phenols is 1. The molecule has 0 saturated carbocycles. The van der Waals surface area contributed by atoms with E-state index < -0.39 is 0 Å². The van der Waals surface area contributed by atoms with Crippen LogP contribution in [0, 0.1) is 0 Å². The number of phenolic OH excluding ortho intramolecular Hbond substituents is 1. The zero-order valence-corrected chi connectivity index (χ0v) is 11.8. The highest BCUT2D eigenvalue weighted by atomic mass is 16.3. The molecule has 0 bridgehead atoms. The van der Waals surface area contributed by atoms with Gasteiger partial charge in [-0.15, -0.1) is 0 Å². The smallest absolute Gasteiger partial charge is 0.115 e. The molecular weight excluding hydrogens is 222 g/mol. The van der Waals surface area contributed by atoms with E-state index in [0.29, 0.717) is 17.8 Å². The van der Waals surface area contributed by atoms with Crippen LogP contribution in [0.5, 0.6) is 5.75 Å². The molecule has 1 aromatic carbocycles. The summed E-state index contributed by atoms with van der Waals surface area (Å²) in [5, 5.41) is 9.71. The Morgan fingerprint density at radius 3 is 2.94 bits per heavy atom. The predicted molar refractivity (Wildman–Crippen MR) is 75.9 cm³/mol. The number of aromatic hydroxyl groups is 1. The molecule has 1 aliphatic carbocycles. The molecule has 0 fully saturated rings. The number of hydrogen-bond donors (Lipinski definition) is 1. The molecule has 1 aliphatic rings. The van der Waals surface area contributed by atoms with Gasteiger partial charge in [0.25, 0.3) is 0 Å². The minimum absolute atomic E-state index is 0.400. The average Bonchev–Trinajstić information content (AvgIpc) is 2.37.